The van der Waals surface area contributed by atoms with Gasteiger partial charge in [0.05, 0.1) is 0 Å². The lowest BCUT2D eigenvalue weighted by Gasteiger charge is -2.16. The molecule has 0 aliphatic rings. The van der Waals surface area contributed by atoms with E-state index in [9.17, 15) is 8.42 Å². The van der Waals surface area contributed by atoms with E-state index >= 15 is 0 Å². The van der Waals surface area contributed by atoms with Crippen LogP contribution >= 0.6 is 43.2 Å². The van der Waals surface area contributed by atoms with Gasteiger partial charge in [0.2, 0.25) is 0 Å². The Bertz CT molecular complexity index is 445. The molecule has 7 heteroatoms. The highest BCUT2D eigenvalue weighted by Crippen LogP contribution is 2.29. The summed E-state index contributed by atoms with van der Waals surface area (Å²) >= 11 is 7.87. The smallest absolute Gasteiger partial charge is 0.206 e. The Morgan fingerprint density at radius 3 is 2.59 bits per heavy atom. The van der Waals surface area contributed by atoms with Crippen LogP contribution in [-0.2, 0) is 10.0 Å². The largest absolute Gasteiger partial charge is 0.253 e. The van der Waals surface area contributed by atoms with E-state index in [2.05, 4.69) is 31.9 Å². The maximum Gasteiger partial charge on any atom is 0.253 e. The molecule has 0 fully saturated rings. The zero-order valence-corrected chi connectivity index (χ0v) is 14.3. The summed E-state index contributed by atoms with van der Waals surface area (Å²) in [5.41, 5.74) is 0. The molecule has 0 atom stereocenters. The van der Waals surface area contributed by atoms with E-state index in [0.29, 0.717) is 15.2 Å². The predicted octanol–water partition coefficient (Wildman–Crippen LogP) is 3.70. The first-order valence-corrected chi connectivity index (χ1v) is 9.49. The number of nitrogens with zero attached hydrogens (tertiary/aromatic N) is 1. The van der Waals surface area contributed by atoms with Crippen LogP contribution in [0.3, 0.4) is 0 Å². The summed E-state index contributed by atoms with van der Waals surface area (Å²) in [5.74, 6) is 0. The van der Waals surface area contributed by atoms with Crippen LogP contribution < -0.4 is 0 Å². The standard InChI is InChI=1S/C10H15Br2NO2S2/c1-13(7-4-2-3-6-11)17(14,15)10-9(12)5-8-16-10/h5,8H,2-4,6-7H2,1H3. The molecule has 1 rings (SSSR count). The highest BCUT2D eigenvalue weighted by atomic mass is 79.9. The van der Waals surface area contributed by atoms with Crippen molar-refractivity contribution < 1.29 is 8.42 Å². The molecule has 0 spiro atoms. The predicted molar refractivity (Wildman–Crippen MR) is 79.5 cm³/mol. The van der Waals surface area contributed by atoms with Crippen LogP contribution in [0, 0.1) is 0 Å². The normalized spacial score (nSPS) is 12.2. The average Bonchev–Trinajstić information content (AvgIpc) is 2.71. The van der Waals surface area contributed by atoms with Gasteiger partial charge in [0.1, 0.15) is 4.21 Å². The number of sulfonamides is 1. The Morgan fingerprint density at radius 1 is 1.35 bits per heavy atom. The molecule has 17 heavy (non-hydrogen) atoms. The molecule has 3 nitrogen and oxygen atoms in total. The van der Waals surface area contributed by atoms with Gasteiger partial charge in [-0.2, -0.15) is 0 Å². The third-order valence-electron chi connectivity index (χ3n) is 2.34. The summed E-state index contributed by atoms with van der Waals surface area (Å²) in [7, 11) is -1.69. The van der Waals surface area contributed by atoms with Crippen molar-refractivity contribution in [1.29, 1.82) is 0 Å². The van der Waals surface area contributed by atoms with Crippen molar-refractivity contribution in [3.63, 3.8) is 0 Å². The fourth-order valence-electron chi connectivity index (χ4n) is 1.33. The van der Waals surface area contributed by atoms with E-state index in [-0.39, 0.29) is 0 Å². The average molecular weight is 405 g/mol. The highest BCUT2D eigenvalue weighted by Gasteiger charge is 2.24. The van der Waals surface area contributed by atoms with E-state index in [1.807, 2.05) is 0 Å². The molecular weight excluding hydrogens is 390 g/mol. The van der Waals surface area contributed by atoms with Gasteiger partial charge in [-0.05, 0) is 40.2 Å². The van der Waals surface area contributed by atoms with Crippen LogP contribution in [0.1, 0.15) is 19.3 Å². The molecule has 0 radical (unpaired) electrons. The minimum Gasteiger partial charge on any atom is -0.206 e. The van der Waals surface area contributed by atoms with Crippen molar-refractivity contribution >= 4 is 53.2 Å². The molecule has 0 aliphatic carbocycles. The summed E-state index contributed by atoms with van der Waals surface area (Å²) in [6.45, 7) is 0.569. The molecule has 1 heterocycles. The van der Waals surface area contributed by atoms with Gasteiger partial charge >= 0.3 is 0 Å². The number of hydrogen-bond donors (Lipinski definition) is 0. The molecule has 0 bridgehead atoms. The van der Waals surface area contributed by atoms with E-state index in [4.69, 9.17) is 0 Å². The number of rotatable bonds is 7. The van der Waals surface area contributed by atoms with E-state index < -0.39 is 10.0 Å². The zero-order valence-electron chi connectivity index (χ0n) is 9.53. The van der Waals surface area contributed by atoms with Crippen LogP contribution in [0.15, 0.2) is 20.1 Å². The van der Waals surface area contributed by atoms with Gasteiger partial charge in [0.15, 0.2) is 0 Å². The molecule has 0 saturated heterocycles. The lowest BCUT2D eigenvalue weighted by atomic mass is 10.2. The molecule has 0 amide bonds. The van der Waals surface area contributed by atoms with Gasteiger partial charge in [-0.1, -0.05) is 22.4 Å². The Morgan fingerprint density at radius 2 is 2.06 bits per heavy atom. The van der Waals surface area contributed by atoms with Crippen LogP contribution in [-0.4, -0.2) is 31.6 Å². The van der Waals surface area contributed by atoms with Gasteiger partial charge in [0, 0.05) is 23.4 Å². The number of halogens is 2. The SMILES string of the molecule is CN(CCCCCBr)S(=O)(=O)c1sccc1Br. The summed E-state index contributed by atoms with van der Waals surface area (Å²) in [6.07, 6.45) is 3.01. The molecule has 0 N–H and O–H groups in total. The second-order valence-electron chi connectivity index (χ2n) is 3.63. The second kappa shape index (κ2) is 7.23. The summed E-state index contributed by atoms with van der Waals surface area (Å²) in [5, 5.41) is 2.75. The van der Waals surface area contributed by atoms with Gasteiger partial charge in [0.25, 0.3) is 10.0 Å². The molecular formula is C10H15Br2NO2S2. The molecule has 0 saturated carbocycles. The van der Waals surface area contributed by atoms with Crippen molar-refractivity contribution in [2.24, 2.45) is 0 Å². The molecule has 1 aromatic heterocycles. The third kappa shape index (κ3) is 4.31. The first kappa shape index (κ1) is 15.6. The molecule has 0 aliphatic heterocycles. The Hall–Kier alpha value is 0.570. The number of hydrogen-bond acceptors (Lipinski definition) is 3. The van der Waals surface area contributed by atoms with Crippen LogP contribution in [0.4, 0.5) is 0 Å². The lowest BCUT2D eigenvalue weighted by Crippen LogP contribution is -2.27. The number of unbranched alkanes of at least 4 members (excludes halogenated alkanes) is 2. The van der Waals surface area contributed by atoms with E-state index in [1.165, 1.54) is 15.6 Å². The van der Waals surface area contributed by atoms with Crippen LogP contribution in [0.25, 0.3) is 0 Å². The first-order valence-electron chi connectivity index (χ1n) is 5.25. The number of thiophene rings is 1. The highest BCUT2D eigenvalue weighted by molar-refractivity contribution is 9.10. The van der Waals surface area contributed by atoms with Gasteiger partial charge in [-0.3, -0.25) is 0 Å². The zero-order chi connectivity index (χ0) is 12.9. The first-order chi connectivity index (χ1) is 8.00. The van der Waals surface area contributed by atoms with E-state index in [0.717, 1.165) is 24.6 Å². The molecule has 0 aromatic carbocycles. The Kier molecular flexibility index (Phi) is 6.65. The van der Waals surface area contributed by atoms with Crippen molar-refractivity contribution in [2.45, 2.75) is 23.5 Å². The number of alkyl halides is 1. The Labute approximate surface area is 124 Å². The molecule has 98 valence electrons. The van der Waals surface area contributed by atoms with Gasteiger partial charge in [-0.15, -0.1) is 11.3 Å². The van der Waals surface area contributed by atoms with Crippen molar-refractivity contribution in [3.8, 4) is 0 Å². The Balaban J connectivity index is 2.62. The lowest BCUT2D eigenvalue weighted by molar-refractivity contribution is 0.456. The van der Waals surface area contributed by atoms with Gasteiger partial charge in [-0.25, -0.2) is 12.7 Å². The summed E-state index contributed by atoms with van der Waals surface area (Å²) < 4.78 is 26.8. The summed E-state index contributed by atoms with van der Waals surface area (Å²) in [4.78, 5) is 0. The second-order valence-corrected chi connectivity index (χ2v) is 8.44. The van der Waals surface area contributed by atoms with Gasteiger partial charge < -0.3 is 0 Å². The molecule has 0 unspecified atom stereocenters. The fourth-order valence-corrected chi connectivity index (χ4v) is 5.44. The topological polar surface area (TPSA) is 37.4 Å². The van der Waals surface area contributed by atoms with Crippen molar-refractivity contribution in [1.82, 2.24) is 4.31 Å². The summed E-state index contributed by atoms with van der Waals surface area (Å²) in [6, 6.07) is 1.76. The quantitative estimate of drug-likeness (QED) is 0.513. The minimum atomic E-state index is -3.32. The van der Waals surface area contributed by atoms with Crippen molar-refractivity contribution in [2.75, 3.05) is 18.9 Å². The third-order valence-corrected chi connectivity index (χ3v) is 7.40. The van der Waals surface area contributed by atoms with Crippen molar-refractivity contribution in [3.05, 3.63) is 15.9 Å². The van der Waals surface area contributed by atoms with E-state index in [1.54, 1.807) is 18.5 Å². The minimum absolute atomic E-state index is 0.389. The van der Waals surface area contributed by atoms with Crippen LogP contribution in [0.2, 0.25) is 0 Å². The maximum absolute atomic E-state index is 12.2. The fraction of sp³-hybridized carbons (Fsp3) is 0.600. The van der Waals surface area contributed by atoms with Crippen LogP contribution in [0.5, 0.6) is 0 Å². The maximum atomic E-state index is 12.2. The monoisotopic (exact) mass is 403 g/mol. The molecule has 1 aromatic rings.